The summed E-state index contributed by atoms with van der Waals surface area (Å²) in [7, 11) is 3.42. The lowest BCUT2D eigenvalue weighted by molar-refractivity contribution is -0.154. The number of amides is 1. The third-order valence-corrected chi connectivity index (χ3v) is 4.35. The smallest absolute Gasteiger partial charge is 0.308 e. The van der Waals surface area contributed by atoms with Gasteiger partial charge in [-0.05, 0) is 39.5 Å². The molecule has 1 fully saturated rings. The van der Waals surface area contributed by atoms with Crippen molar-refractivity contribution in [1.82, 2.24) is 15.5 Å². The molecule has 0 saturated heterocycles. The van der Waals surface area contributed by atoms with Crippen LogP contribution in [-0.4, -0.2) is 61.6 Å². The van der Waals surface area contributed by atoms with Crippen molar-refractivity contribution in [2.75, 3.05) is 27.2 Å². The Kier molecular flexibility index (Phi) is 11.9. The summed E-state index contributed by atoms with van der Waals surface area (Å²) in [5, 5.41) is 6.60. The van der Waals surface area contributed by atoms with Gasteiger partial charge in [0, 0.05) is 26.7 Å². The van der Waals surface area contributed by atoms with E-state index in [1.54, 1.807) is 14.1 Å². The molecule has 7 nitrogen and oxygen atoms in total. The van der Waals surface area contributed by atoms with Crippen molar-refractivity contribution in [3.8, 4) is 0 Å². The van der Waals surface area contributed by atoms with Gasteiger partial charge in [-0.3, -0.25) is 9.59 Å². The van der Waals surface area contributed by atoms with E-state index in [9.17, 15) is 9.59 Å². The summed E-state index contributed by atoms with van der Waals surface area (Å²) in [5.74, 6) is 0.836. The highest BCUT2D eigenvalue weighted by molar-refractivity contribution is 14.0. The Bertz CT molecular complexity index is 504. The average Bonchev–Trinajstić information content (AvgIpc) is 2.52. The van der Waals surface area contributed by atoms with Crippen LogP contribution >= 0.6 is 24.0 Å². The molecule has 0 radical (unpaired) electrons. The Morgan fingerprint density at radius 3 is 2.37 bits per heavy atom. The van der Waals surface area contributed by atoms with Crippen molar-refractivity contribution in [3.63, 3.8) is 0 Å². The van der Waals surface area contributed by atoms with Gasteiger partial charge in [-0.1, -0.05) is 19.8 Å². The Morgan fingerprint density at radius 1 is 1.19 bits per heavy atom. The van der Waals surface area contributed by atoms with E-state index in [1.807, 2.05) is 20.8 Å². The summed E-state index contributed by atoms with van der Waals surface area (Å²) < 4.78 is 5.32. The molecule has 0 spiro atoms. The fourth-order valence-corrected chi connectivity index (χ4v) is 2.82. The average molecular weight is 496 g/mol. The Balaban J connectivity index is 0.00000676. The monoisotopic (exact) mass is 496 g/mol. The number of carbonyl (C=O) groups is 2. The molecule has 158 valence electrons. The predicted octanol–water partition coefficient (Wildman–Crippen LogP) is 2.54. The van der Waals surface area contributed by atoms with Crippen LogP contribution in [0.1, 0.15) is 59.8 Å². The maximum Gasteiger partial charge on any atom is 0.308 e. The van der Waals surface area contributed by atoms with Gasteiger partial charge >= 0.3 is 5.97 Å². The zero-order valence-corrected chi connectivity index (χ0v) is 20.0. The third kappa shape index (κ3) is 11.4. The summed E-state index contributed by atoms with van der Waals surface area (Å²) >= 11 is 0. The van der Waals surface area contributed by atoms with E-state index >= 15 is 0 Å². The first-order valence-electron chi connectivity index (χ1n) is 9.55. The molecule has 2 atom stereocenters. The minimum atomic E-state index is -0.484. The fourth-order valence-electron chi connectivity index (χ4n) is 2.82. The van der Waals surface area contributed by atoms with Crippen molar-refractivity contribution in [3.05, 3.63) is 0 Å². The van der Waals surface area contributed by atoms with E-state index in [0.717, 1.165) is 6.42 Å². The normalized spacial score (nSPS) is 20.3. The molecule has 1 aliphatic rings. The molecule has 1 aliphatic carbocycles. The molecule has 2 N–H and O–H groups in total. The molecule has 1 rings (SSSR count). The molecule has 2 unspecified atom stereocenters. The van der Waals surface area contributed by atoms with Crippen LogP contribution in [0.15, 0.2) is 4.99 Å². The molecule has 0 aliphatic heterocycles. The second-order valence-corrected chi connectivity index (χ2v) is 8.23. The van der Waals surface area contributed by atoms with Crippen LogP contribution in [0.2, 0.25) is 0 Å². The number of hydrogen-bond donors (Lipinski definition) is 2. The lowest BCUT2D eigenvalue weighted by atomic mass is 9.86. The number of ether oxygens (including phenoxy) is 1. The molecule has 0 aromatic heterocycles. The van der Waals surface area contributed by atoms with Crippen LogP contribution in [0.5, 0.6) is 0 Å². The summed E-state index contributed by atoms with van der Waals surface area (Å²) in [6, 6.07) is 0.339. The molecule has 0 bridgehead atoms. The molecule has 0 aromatic carbocycles. The van der Waals surface area contributed by atoms with Gasteiger partial charge in [0.25, 0.3) is 0 Å². The Hall–Kier alpha value is -1.06. The second kappa shape index (κ2) is 12.4. The molecular formula is C19H37IN4O3. The minimum Gasteiger partial charge on any atom is -0.460 e. The Morgan fingerprint density at radius 2 is 1.81 bits per heavy atom. The van der Waals surface area contributed by atoms with Crippen LogP contribution in [0.3, 0.4) is 0 Å². The van der Waals surface area contributed by atoms with E-state index in [4.69, 9.17) is 4.74 Å². The molecule has 8 heteroatoms. The number of aliphatic imine (C=N–C) groups is 1. The third-order valence-electron chi connectivity index (χ3n) is 4.35. The summed E-state index contributed by atoms with van der Waals surface area (Å²) in [6.45, 7) is 8.28. The minimum absolute atomic E-state index is 0. The maximum absolute atomic E-state index is 11.9. The molecular weight excluding hydrogens is 459 g/mol. The van der Waals surface area contributed by atoms with E-state index in [2.05, 4.69) is 22.5 Å². The number of carbonyl (C=O) groups excluding carboxylic acids is 2. The number of esters is 1. The van der Waals surface area contributed by atoms with Gasteiger partial charge < -0.3 is 20.3 Å². The van der Waals surface area contributed by atoms with Crippen LogP contribution < -0.4 is 10.6 Å². The fraction of sp³-hybridized carbons (Fsp3) is 0.842. The number of halogens is 1. The van der Waals surface area contributed by atoms with Gasteiger partial charge in [0.2, 0.25) is 5.91 Å². The number of nitrogens with zero attached hydrogens (tertiary/aromatic N) is 2. The highest BCUT2D eigenvalue weighted by atomic mass is 127. The molecule has 27 heavy (non-hydrogen) atoms. The van der Waals surface area contributed by atoms with E-state index in [1.165, 1.54) is 24.2 Å². The molecule has 1 amide bonds. The first kappa shape index (κ1) is 25.9. The van der Waals surface area contributed by atoms with Gasteiger partial charge in [0.1, 0.15) is 12.1 Å². The number of guanidine groups is 1. The number of likely N-dealkylation sites (N-methyl/N-ethyl adjacent to an activating group) is 1. The summed E-state index contributed by atoms with van der Waals surface area (Å²) in [5.41, 5.74) is -0.484. The first-order valence-corrected chi connectivity index (χ1v) is 9.55. The second-order valence-electron chi connectivity index (χ2n) is 8.23. The number of rotatable bonds is 6. The first-order chi connectivity index (χ1) is 12.1. The van der Waals surface area contributed by atoms with E-state index in [0.29, 0.717) is 24.5 Å². The zero-order chi connectivity index (χ0) is 19.7. The van der Waals surface area contributed by atoms with Gasteiger partial charge in [-0.15, -0.1) is 24.0 Å². The summed E-state index contributed by atoms with van der Waals surface area (Å²) in [4.78, 5) is 29.6. The van der Waals surface area contributed by atoms with Gasteiger partial charge in [0.05, 0.1) is 6.42 Å². The molecule has 0 aromatic rings. The summed E-state index contributed by atoms with van der Waals surface area (Å²) in [6.07, 6.45) is 5.00. The highest BCUT2D eigenvalue weighted by Crippen LogP contribution is 2.23. The van der Waals surface area contributed by atoms with Crippen molar-refractivity contribution in [1.29, 1.82) is 0 Å². The van der Waals surface area contributed by atoms with E-state index in [-0.39, 0.29) is 48.8 Å². The maximum atomic E-state index is 11.9. The van der Waals surface area contributed by atoms with Crippen LogP contribution in [-0.2, 0) is 14.3 Å². The number of nitrogens with one attached hydrogen (secondary N) is 2. The van der Waals surface area contributed by atoms with Crippen LogP contribution in [0.4, 0.5) is 0 Å². The quantitative estimate of drug-likeness (QED) is 0.256. The lowest BCUT2D eigenvalue weighted by Crippen LogP contribution is -2.48. The SMILES string of the molecule is CC1CCCCC1NC(=NCC(=O)N(C)C)NCCC(=O)OC(C)(C)C.I. The van der Waals surface area contributed by atoms with Crippen molar-refractivity contribution in [2.24, 2.45) is 10.9 Å². The van der Waals surface area contributed by atoms with Crippen molar-refractivity contribution >= 4 is 41.8 Å². The molecule has 1 saturated carbocycles. The lowest BCUT2D eigenvalue weighted by Gasteiger charge is -2.31. The van der Waals surface area contributed by atoms with Crippen LogP contribution in [0.25, 0.3) is 0 Å². The highest BCUT2D eigenvalue weighted by Gasteiger charge is 2.22. The number of hydrogen-bond acceptors (Lipinski definition) is 4. The van der Waals surface area contributed by atoms with E-state index < -0.39 is 5.60 Å². The van der Waals surface area contributed by atoms with Gasteiger partial charge in [0.15, 0.2) is 5.96 Å². The van der Waals surface area contributed by atoms with Crippen LogP contribution in [0, 0.1) is 5.92 Å². The largest absolute Gasteiger partial charge is 0.460 e. The topological polar surface area (TPSA) is 83.0 Å². The van der Waals surface area contributed by atoms with Crippen molar-refractivity contribution in [2.45, 2.75) is 71.4 Å². The van der Waals surface area contributed by atoms with Crippen molar-refractivity contribution < 1.29 is 14.3 Å². The van der Waals surface area contributed by atoms with Gasteiger partial charge in [-0.25, -0.2) is 4.99 Å². The standard InChI is InChI=1S/C19H36N4O3.HI/c1-14-9-7-8-10-15(14)22-18(21-13-16(24)23(5)6)20-12-11-17(25)26-19(2,3)4;/h14-15H,7-13H2,1-6H3,(H2,20,21,22);1H. The predicted molar refractivity (Wildman–Crippen MR) is 119 cm³/mol. The van der Waals surface area contributed by atoms with Gasteiger partial charge in [-0.2, -0.15) is 0 Å². The zero-order valence-electron chi connectivity index (χ0n) is 17.6. The Labute approximate surface area is 181 Å². The molecule has 0 heterocycles.